The van der Waals surface area contributed by atoms with E-state index in [2.05, 4.69) is 36.5 Å². The zero-order chi connectivity index (χ0) is 14.4. The van der Waals surface area contributed by atoms with Crippen LogP contribution in [-0.2, 0) is 13.0 Å². The van der Waals surface area contributed by atoms with Crippen molar-refractivity contribution in [1.29, 1.82) is 0 Å². The summed E-state index contributed by atoms with van der Waals surface area (Å²) in [4.78, 5) is 0. The Labute approximate surface area is 125 Å². The van der Waals surface area contributed by atoms with Gasteiger partial charge in [0.1, 0.15) is 5.75 Å². The van der Waals surface area contributed by atoms with Crippen molar-refractivity contribution >= 4 is 11.6 Å². The first kappa shape index (κ1) is 14.9. The molecule has 0 aliphatic rings. The second-order valence-corrected chi connectivity index (χ2v) is 5.40. The third-order valence-corrected chi connectivity index (χ3v) is 3.52. The first-order valence-corrected chi connectivity index (χ1v) is 7.16. The Morgan fingerprint density at radius 3 is 2.20 bits per heavy atom. The molecule has 106 valence electrons. The molecule has 0 aromatic heterocycles. The van der Waals surface area contributed by atoms with Gasteiger partial charge in [0.25, 0.3) is 0 Å². The Hall–Kier alpha value is -1.51. The summed E-state index contributed by atoms with van der Waals surface area (Å²) in [5.41, 5.74) is 2.55. The second-order valence-electron chi connectivity index (χ2n) is 4.96. The number of ether oxygens (including phenoxy) is 1. The van der Waals surface area contributed by atoms with Crippen LogP contribution < -0.4 is 10.1 Å². The minimum absolute atomic E-state index is 0.415. The molecule has 0 fully saturated rings. The topological polar surface area (TPSA) is 21.3 Å². The number of nitrogens with one attached hydrogen (secondary N) is 1. The molecular weight excluding hydrogens is 270 g/mol. The molecule has 2 rings (SSSR count). The van der Waals surface area contributed by atoms with Crippen molar-refractivity contribution < 1.29 is 4.74 Å². The zero-order valence-corrected chi connectivity index (χ0v) is 12.7. The van der Waals surface area contributed by atoms with Crippen LogP contribution in [0.3, 0.4) is 0 Å². The molecule has 0 bridgehead atoms. The van der Waals surface area contributed by atoms with Gasteiger partial charge in [0, 0.05) is 17.6 Å². The highest BCUT2D eigenvalue weighted by Crippen LogP contribution is 2.13. The van der Waals surface area contributed by atoms with Gasteiger partial charge < -0.3 is 10.1 Å². The van der Waals surface area contributed by atoms with Gasteiger partial charge in [0.05, 0.1) is 7.11 Å². The number of methoxy groups -OCH3 is 1. The summed E-state index contributed by atoms with van der Waals surface area (Å²) in [7, 11) is 1.68. The van der Waals surface area contributed by atoms with Crippen LogP contribution in [0, 0.1) is 0 Å². The van der Waals surface area contributed by atoms with Crippen molar-refractivity contribution in [1.82, 2.24) is 5.32 Å². The van der Waals surface area contributed by atoms with E-state index < -0.39 is 0 Å². The number of benzene rings is 2. The SMILES string of the molecule is COc1ccc(CNC(C)Cc2ccc(Cl)cc2)cc1. The van der Waals surface area contributed by atoms with E-state index in [0.29, 0.717) is 6.04 Å². The van der Waals surface area contributed by atoms with Crippen molar-refractivity contribution in [3.05, 3.63) is 64.7 Å². The molecule has 3 heteroatoms. The molecule has 0 aliphatic carbocycles. The van der Waals surface area contributed by atoms with E-state index in [1.807, 2.05) is 24.3 Å². The highest BCUT2D eigenvalue weighted by atomic mass is 35.5. The van der Waals surface area contributed by atoms with Gasteiger partial charge in [-0.2, -0.15) is 0 Å². The van der Waals surface area contributed by atoms with E-state index >= 15 is 0 Å². The molecular formula is C17H20ClNO. The molecule has 1 atom stereocenters. The van der Waals surface area contributed by atoms with E-state index in [1.165, 1.54) is 11.1 Å². The van der Waals surface area contributed by atoms with Crippen LogP contribution >= 0.6 is 11.6 Å². The van der Waals surface area contributed by atoms with Crippen LogP contribution in [0.2, 0.25) is 5.02 Å². The lowest BCUT2D eigenvalue weighted by Gasteiger charge is -2.14. The molecule has 20 heavy (non-hydrogen) atoms. The van der Waals surface area contributed by atoms with Crippen molar-refractivity contribution in [2.75, 3.05) is 7.11 Å². The molecule has 1 N–H and O–H groups in total. The van der Waals surface area contributed by atoms with E-state index in [-0.39, 0.29) is 0 Å². The first-order valence-electron chi connectivity index (χ1n) is 6.78. The van der Waals surface area contributed by atoms with Crippen LogP contribution in [0.1, 0.15) is 18.1 Å². The molecule has 2 aromatic carbocycles. The molecule has 0 amide bonds. The minimum Gasteiger partial charge on any atom is -0.497 e. The van der Waals surface area contributed by atoms with Crippen LogP contribution in [-0.4, -0.2) is 13.2 Å². The third-order valence-electron chi connectivity index (χ3n) is 3.27. The summed E-state index contributed by atoms with van der Waals surface area (Å²) >= 11 is 5.89. The van der Waals surface area contributed by atoms with Gasteiger partial charge in [-0.05, 0) is 48.7 Å². The van der Waals surface area contributed by atoms with Gasteiger partial charge in [-0.3, -0.25) is 0 Å². The first-order chi connectivity index (χ1) is 9.67. The monoisotopic (exact) mass is 289 g/mol. The number of rotatable bonds is 6. The highest BCUT2D eigenvalue weighted by molar-refractivity contribution is 6.30. The van der Waals surface area contributed by atoms with Crippen molar-refractivity contribution in [3.63, 3.8) is 0 Å². The number of hydrogen-bond donors (Lipinski definition) is 1. The van der Waals surface area contributed by atoms with Crippen molar-refractivity contribution in [3.8, 4) is 5.75 Å². The van der Waals surface area contributed by atoms with Gasteiger partial charge in [-0.1, -0.05) is 35.9 Å². The Morgan fingerprint density at radius 1 is 1.00 bits per heavy atom. The van der Waals surface area contributed by atoms with E-state index in [0.717, 1.165) is 23.7 Å². The summed E-state index contributed by atoms with van der Waals surface area (Å²) in [6.45, 7) is 3.05. The molecule has 0 aliphatic heterocycles. The Bertz CT molecular complexity index is 522. The molecule has 0 saturated heterocycles. The predicted octanol–water partition coefficient (Wildman–Crippen LogP) is 4.07. The van der Waals surface area contributed by atoms with Crippen molar-refractivity contribution in [2.24, 2.45) is 0 Å². The van der Waals surface area contributed by atoms with Gasteiger partial charge in [-0.15, -0.1) is 0 Å². The fourth-order valence-electron chi connectivity index (χ4n) is 2.08. The van der Waals surface area contributed by atoms with Gasteiger partial charge >= 0.3 is 0 Å². The van der Waals surface area contributed by atoms with Crippen molar-refractivity contribution in [2.45, 2.75) is 25.9 Å². The summed E-state index contributed by atoms with van der Waals surface area (Å²) in [5, 5.41) is 4.31. The fourth-order valence-corrected chi connectivity index (χ4v) is 2.21. The largest absolute Gasteiger partial charge is 0.497 e. The van der Waals surface area contributed by atoms with Gasteiger partial charge in [0.2, 0.25) is 0 Å². The van der Waals surface area contributed by atoms with E-state index in [1.54, 1.807) is 7.11 Å². The van der Waals surface area contributed by atoms with Gasteiger partial charge in [-0.25, -0.2) is 0 Å². The quantitative estimate of drug-likeness (QED) is 0.865. The predicted molar refractivity (Wildman–Crippen MR) is 84.5 cm³/mol. The molecule has 0 saturated carbocycles. The molecule has 1 unspecified atom stereocenters. The molecule has 2 nitrogen and oxygen atoms in total. The average molecular weight is 290 g/mol. The molecule has 0 radical (unpaired) electrons. The van der Waals surface area contributed by atoms with Crippen LogP contribution in [0.4, 0.5) is 0 Å². The molecule has 2 aromatic rings. The Kier molecular flexibility index (Phi) is 5.45. The minimum atomic E-state index is 0.415. The number of hydrogen-bond acceptors (Lipinski definition) is 2. The maximum absolute atomic E-state index is 5.89. The number of halogens is 1. The summed E-state index contributed by atoms with van der Waals surface area (Å²) in [5.74, 6) is 0.892. The Balaban J connectivity index is 1.82. The lowest BCUT2D eigenvalue weighted by Crippen LogP contribution is -2.27. The summed E-state index contributed by atoms with van der Waals surface area (Å²) in [6.07, 6.45) is 0.993. The second kappa shape index (κ2) is 7.32. The molecule has 0 heterocycles. The normalized spacial score (nSPS) is 12.2. The smallest absolute Gasteiger partial charge is 0.118 e. The zero-order valence-electron chi connectivity index (χ0n) is 11.9. The van der Waals surface area contributed by atoms with Gasteiger partial charge in [0.15, 0.2) is 0 Å². The van der Waals surface area contributed by atoms with Crippen LogP contribution in [0.15, 0.2) is 48.5 Å². The standard InChI is InChI=1S/C17H20ClNO/c1-13(11-14-3-7-16(18)8-4-14)19-12-15-5-9-17(20-2)10-6-15/h3-10,13,19H,11-12H2,1-2H3. The lowest BCUT2D eigenvalue weighted by atomic mass is 10.1. The average Bonchev–Trinajstić information content (AvgIpc) is 2.48. The summed E-state index contributed by atoms with van der Waals surface area (Å²) < 4.78 is 5.15. The van der Waals surface area contributed by atoms with E-state index in [4.69, 9.17) is 16.3 Å². The fraction of sp³-hybridized carbons (Fsp3) is 0.294. The maximum atomic E-state index is 5.89. The van der Waals surface area contributed by atoms with Crippen LogP contribution in [0.5, 0.6) is 5.75 Å². The highest BCUT2D eigenvalue weighted by Gasteiger charge is 2.03. The van der Waals surface area contributed by atoms with E-state index in [9.17, 15) is 0 Å². The van der Waals surface area contributed by atoms with Crippen LogP contribution in [0.25, 0.3) is 0 Å². The summed E-state index contributed by atoms with van der Waals surface area (Å²) in [6, 6.07) is 16.6. The molecule has 0 spiro atoms. The third kappa shape index (κ3) is 4.55. The lowest BCUT2D eigenvalue weighted by molar-refractivity contribution is 0.414. The maximum Gasteiger partial charge on any atom is 0.118 e. The Morgan fingerprint density at radius 2 is 1.60 bits per heavy atom.